The second kappa shape index (κ2) is 6.37. The van der Waals surface area contributed by atoms with Gasteiger partial charge in [0, 0.05) is 17.6 Å². The van der Waals surface area contributed by atoms with Crippen molar-refractivity contribution in [3.05, 3.63) is 33.8 Å². The Labute approximate surface area is 110 Å². The fraction of sp³-hybridized carbons (Fsp3) is 0.182. The van der Waals surface area contributed by atoms with E-state index >= 15 is 0 Å². The van der Waals surface area contributed by atoms with Crippen LogP contribution >= 0.6 is 23.2 Å². The van der Waals surface area contributed by atoms with Crippen LogP contribution in [0.25, 0.3) is 0 Å². The molecule has 1 aromatic carbocycles. The molecule has 17 heavy (non-hydrogen) atoms. The number of carbonyl (C=O) groups is 1. The molecule has 0 fully saturated rings. The number of benzene rings is 1. The molecule has 1 rings (SSSR count). The first-order chi connectivity index (χ1) is 8.04. The first-order valence-corrected chi connectivity index (χ1v) is 5.48. The lowest BCUT2D eigenvalue weighted by Crippen LogP contribution is -2.21. The van der Waals surface area contributed by atoms with Crippen molar-refractivity contribution < 1.29 is 4.79 Å². The molecule has 0 saturated heterocycles. The van der Waals surface area contributed by atoms with Gasteiger partial charge in [0.2, 0.25) is 0 Å². The minimum Gasteiger partial charge on any atom is -0.292 e. The summed E-state index contributed by atoms with van der Waals surface area (Å²) in [5, 5.41) is 6.12. The average Bonchev–Trinajstić information content (AvgIpc) is 2.26. The van der Waals surface area contributed by atoms with E-state index in [-0.39, 0.29) is 12.3 Å². The number of rotatable bonds is 5. The van der Waals surface area contributed by atoms with Crippen molar-refractivity contribution in [2.45, 2.75) is 0 Å². The Morgan fingerprint density at radius 3 is 2.82 bits per heavy atom. The molecule has 0 heterocycles. The van der Waals surface area contributed by atoms with Gasteiger partial charge in [-0.25, -0.2) is 0 Å². The van der Waals surface area contributed by atoms with Crippen molar-refractivity contribution in [3.63, 3.8) is 0 Å². The molecule has 0 aliphatic heterocycles. The van der Waals surface area contributed by atoms with Crippen molar-refractivity contribution >= 4 is 42.0 Å². The highest BCUT2D eigenvalue weighted by atomic mass is 35.5. The molecule has 0 saturated carbocycles. The maximum atomic E-state index is 11.9. The number of hydrogen-bond acceptors (Lipinski definition) is 3. The summed E-state index contributed by atoms with van der Waals surface area (Å²) in [6.07, 6.45) is 1.26. The summed E-state index contributed by atoms with van der Waals surface area (Å²) < 4.78 is 0. The number of aliphatic imine (C=N–C) groups is 1. The highest BCUT2D eigenvalue weighted by Gasteiger charge is 2.12. The van der Waals surface area contributed by atoms with Gasteiger partial charge < -0.3 is 0 Å². The summed E-state index contributed by atoms with van der Waals surface area (Å²) >= 11 is 11.7. The zero-order valence-electron chi connectivity index (χ0n) is 9.23. The van der Waals surface area contributed by atoms with Crippen LogP contribution in [0.3, 0.4) is 0 Å². The first kappa shape index (κ1) is 13.7. The zero-order valence-corrected chi connectivity index (χ0v) is 10.7. The molecule has 0 amide bonds. The SMILES string of the molecule is C=N/C=N\N(C)CC(=O)c1ccc(Cl)cc1Cl. The summed E-state index contributed by atoms with van der Waals surface area (Å²) in [6.45, 7) is 3.35. The van der Waals surface area contributed by atoms with Crippen LogP contribution in [0, 0.1) is 0 Å². The average molecular weight is 272 g/mol. The molecule has 1 aromatic rings. The minimum absolute atomic E-state index is 0.105. The second-order valence-corrected chi connectivity index (χ2v) is 4.12. The van der Waals surface area contributed by atoms with Crippen molar-refractivity contribution in [2.24, 2.45) is 10.1 Å². The van der Waals surface area contributed by atoms with Crippen molar-refractivity contribution in [2.75, 3.05) is 13.6 Å². The molecule has 0 N–H and O–H groups in total. The molecule has 0 aromatic heterocycles. The molecule has 0 aliphatic carbocycles. The Morgan fingerprint density at radius 1 is 1.53 bits per heavy atom. The van der Waals surface area contributed by atoms with Crippen LogP contribution < -0.4 is 0 Å². The maximum Gasteiger partial charge on any atom is 0.185 e. The van der Waals surface area contributed by atoms with Gasteiger partial charge >= 0.3 is 0 Å². The van der Waals surface area contributed by atoms with Crippen LogP contribution in [0.1, 0.15) is 10.4 Å². The van der Waals surface area contributed by atoms with Gasteiger partial charge in [0.15, 0.2) is 5.78 Å². The molecule has 4 nitrogen and oxygen atoms in total. The Kier molecular flexibility index (Phi) is 5.12. The van der Waals surface area contributed by atoms with Crippen LogP contribution in [0.2, 0.25) is 10.0 Å². The standard InChI is InChI=1S/C11H11Cl2N3O/c1-14-7-15-16(2)6-11(17)9-4-3-8(12)5-10(9)13/h3-5,7H,1,6H2,2H3/b15-7-. The van der Waals surface area contributed by atoms with Gasteiger partial charge in [-0.3, -0.25) is 14.8 Å². The third-order valence-corrected chi connectivity index (χ3v) is 2.48. The lowest BCUT2D eigenvalue weighted by atomic mass is 10.1. The maximum absolute atomic E-state index is 11.9. The van der Waals surface area contributed by atoms with Gasteiger partial charge in [-0.1, -0.05) is 23.2 Å². The molecule has 0 atom stereocenters. The number of Topliss-reactive ketones (excluding diaryl/α,β-unsaturated/α-hetero) is 1. The second-order valence-electron chi connectivity index (χ2n) is 3.28. The zero-order chi connectivity index (χ0) is 12.8. The number of ketones is 1. The summed E-state index contributed by atoms with van der Waals surface area (Å²) in [5.74, 6) is -0.143. The van der Waals surface area contributed by atoms with E-state index in [9.17, 15) is 4.79 Å². The highest BCUT2D eigenvalue weighted by Crippen LogP contribution is 2.21. The molecule has 0 bridgehead atoms. The largest absolute Gasteiger partial charge is 0.292 e. The van der Waals surface area contributed by atoms with Crippen molar-refractivity contribution in [1.29, 1.82) is 0 Å². The van der Waals surface area contributed by atoms with Gasteiger partial charge in [-0.2, -0.15) is 5.10 Å². The summed E-state index contributed by atoms with van der Waals surface area (Å²) in [6, 6.07) is 4.75. The molecule has 0 unspecified atom stereocenters. The van der Waals surface area contributed by atoms with E-state index in [1.54, 1.807) is 19.2 Å². The fourth-order valence-corrected chi connectivity index (χ4v) is 1.69. The fourth-order valence-electron chi connectivity index (χ4n) is 1.17. The van der Waals surface area contributed by atoms with Gasteiger partial charge in [0.05, 0.1) is 11.6 Å². The van der Waals surface area contributed by atoms with Crippen LogP contribution in [0.15, 0.2) is 28.3 Å². The predicted molar refractivity (Wildman–Crippen MR) is 71.5 cm³/mol. The van der Waals surface area contributed by atoms with Gasteiger partial charge in [-0.15, -0.1) is 0 Å². The molecule has 6 heteroatoms. The molecule has 90 valence electrons. The normalized spacial score (nSPS) is 10.5. The molecular formula is C11H11Cl2N3O. The summed E-state index contributed by atoms with van der Waals surface area (Å²) in [5.41, 5.74) is 0.421. The molecule has 0 aliphatic rings. The number of likely N-dealkylation sites (N-methyl/N-ethyl adjacent to an activating group) is 1. The van der Waals surface area contributed by atoms with Crippen LogP contribution in [0.4, 0.5) is 0 Å². The summed E-state index contributed by atoms with van der Waals surface area (Å²) in [7, 11) is 1.66. The van der Waals surface area contributed by atoms with E-state index in [2.05, 4.69) is 16.8 Å². The van der Waals surface area contributed by atoms with Gasteiger partial charge in [-0.05, 0) is 24.9 Å². The number of hydrogen-bond donors (Lipinski definition) is 0. The Bertz CT molecular complexity index is 460. The summed E-state index contributed by atoms with van der Waals surface area (Å²) in [4.78, 5) is 15.3. The third kappa shape index (κ3) is 4.17. The Balaban J connectivity index is 2.76. The topological polar surface area (TPSA) is 45.0 Å². The monoisotopic (exact) mass is 271 g/mol. The highest BCUT2D eigenvalue weighted by molar-refractivity contribution is 6.36. The van der Waals surface area contributed by atoms with E-state index in [0.29, 0.717) is 15.6 Å². The van der Waals surface area contributed by atoms with Gasteiger partial charge in [0.25, 0.3) is 0 Å². The van der Waals surface area contributed by atoms with E-state index < -0.39 is 0 Å². The van der Waals surface area contributed by atoms with Gasteiger partial charge in [0.1, 0.15) is 6.34 Å². The van der Waals surface area contributed by atoms with E-state index in [4.69, 9.17) is 23.2 Å². The molecule has 0 spiro atoms. The van der Waals surface area contributed by atoms with Crippen molar-refractivity contribution in [3.8, 4) is 0 Å². The molecular weight excluding hydrogens is 261 g/mol. The molecule has 0 radical (unpaired) electrons. The smallest absolute Gasteiger partial charge is 0.185 e. The first-order valence-electron chi connectivity index (χ1n) is 4.72. The minimum atomic E-state index is -0.143. The van der Waals surface area contributed by atoms with E-state index in [0.717, 1.165) is 0 Å². The Hall–Kier alpha value is -1.39. The third-order valence-electron chi connectivity index (χ3n) is 1.93. The number of hydrazone groups is 1. The predicted octanol–water partition coefficient (Wildman–Crippen LogP) is 2.75. The quantitative estimate of drug-likeness (QED) is 0.358. The van der Waals surface area contributed by atoms with E-state index in [1.807, 2.05) is 0 Å². The number of nitrogens with zero attached hydrogens (tertiary/aromatic N) is 3. The van der Waals surface area contributed by atoms with Crippen molar-refractivity contribution in [1.82, 2.24) is 5.01 Å². The lowest BCUT2D eigenvalue weighted by Gasteiger charge is -2.11. The Morgan fingerprint density at radius 2 is 2.24 bits per heavy atom. The van der Waals surface area contributed by atoms with Crippen LogP contribution in [-0.4, -0.2) is 37.4 Å². The lowest BCUT2D eigenvalue weighted by molar-refractivity contribution is 0.0949. The van der Waals surface area contributed by atoms with Crippen LogP contribution in [-0.2, 0) is 0 Å². The number of carbonyl (C=O) groups excluding carboxylic acids is 1. The van der Waals surface area contributed by atoms with E-state index in [1.165, 1.54) is 17.4 Å². The van der Waals surface area contributed by atoms with Crippen LogP contribution in [0.5, 0.6) is 0 Å². The number of halogens is 2.